The number of nitrogens with two attached hydrogens (primary N) is 1. The molecule has 0 spiro atoms. The number of benzene rings is 1. The van der Waals surface area contributed by atoms with Crippen LogP contribution in [0.4, 0.5) is 0 Å². The maximum atomic E-state index is 11.3. The molecule has 0 bridgehead atoms. The van der Waals surface area contributed by atoms with Crippen molar-refractivity contribution in [3.63, 3.8) is 0 Å². The molecule has 0 saturated heterocycles. The van der Waals surface area contributed by atoms with E-state index < -0.39 is 15.9 Å². The lowest BCUT2D eigenvalue weighted by Crippen LogP contribution is -2.16. The van der Waals surface area contributed by atoms with Gasteiger partial charge in [-0.3, -0.25) is 0 Å². The van der Waals surface area contributed by atoms with E-state index in [0.717, 1.165) is 5.56 Å². The van der Waals surface area contributed by atoms with Gasteiger partial charge in [-0.1, -0.05) is 31.2 Å². The Morgan fingerprint density at radius 3 is 2.31 bits per heavy atom. The highest BCUT2D eigenvalue weighted by Crippen LogP contribution is 2.16. The Morgan fingerprint density at radius 2 is 1.88 bits per heavy atom. The van der Waals surface area contributed by atoms with Crippen LogP contribution in [0.3, 0.4) is 0 Å². The molecule has 0 heterocycles. The van der Waals surface area contributed by atoms with E-state index in [1.165, 1.54) is 0 Å². The van der Waals surface area contributed by atoms with E-state index in [1.807, 2.05) is 0 Å². The van der Waals surface area contributed by atoms with Gasteiger partial charge in [-0.05, 0) is 11.1 Å². The van der Waals surface area contributed by atoms with Crippen LogP contribution in [0.1, 0.15) is 24.2 Å². The quantitative estimate of drug-likeness (QED) is 0.794. The van der Waals surface area contributed by atoms with E-state index in [2.05, 4.69) is 0 Å². The normalized spacial score (nSPS) is 13.7. The van der Waals surface area contributed by atoms with Crippen molar-refractivity contribution in [2.45, 2.75) is 19.6 Å². The fourth-order valence-corrected chi connectivity index (χ4v) is 2.24. The molecule has 0 aliphatic heterocycles. The van der Waals surface area contributed by atoms with E-state index >= 15 is 0 Å². The van der Waals surface area contributed by atoms with Crippen molar-refractivity contribution in [1.82, 2.24) is 0 Å². The van der Waals surface area contributed by atoms with E-state index in [0.29, 0.717) is 12.1 Å². The Bertz CT molecular complexity index is 425. The lowest BCUT2D eigenvalue weighted by atomic mass is 10.1. The molecule has 0 radical (unpaired) electrons. The standard InChI is InChI=1S/C11H17NO3S/c1-2-16(14,15)8-11(13)10-5-3-9(7-12)4-6-10/h3-6,11,13H,2,7-8,12H2,1H3. The Morgan fingerprint density at radius 1 is 1.31 bits per heavy atom. The van der Waals surface area contributed by atoms with E-state index in [-0.39, 0.29) is 11.5 Å². The Kier molecular flexibility index (Phi) is 4.46. The number of aliphatic hydroxyl groups excluding tert-OH is 1. The topological polar surface area (TPSA) is 80.4 Å². The van der Waals surface area contributed by atoms with Gasteiger partial charge in [0, 0.05) is 12.3 Å². The third-order valence-electron chi connectivity index (χ3n) is 2.45. The van der Waals surface area contributed by atoms with Crippen LogP contribution >= 0.6 is 0 Å². The van der Waals surface area contributed by atoms with Crippen molar-refractivity contribution in [1.29, 1.82) is 0 Å². The van der Waals surface area contributed by atoms with Crippen LogP contribution in [0.25, 0.3) is 0 Å². The van der Waals surface area contributed by atoms with Crippen LogP contribution in [0.2, 0.25) is 0 Å². The van der Waals surface area contributed by atoms with Gasteiger partial charge in [0.05, 0.1) is 11.9 Å². The number of rotatable bonds is 5. The zero-order valence-corrected chi connectivity index (χ0v) is 10.1. The van der Waals surface area contributed by atoms with Gasteiger partial charge in [-0.2, -0.15) is 0 Å². The van der Waals surface area contributed by atoms with Crippen LogP contribution in [0, 0.1) is 0 Å². The molecule has 0 saturated carbocycles. The van der Waals surface area contributed by atoms with Crippen molar-refractivity contribution in [2.24, 2.45) is 5.73 Å². The summed E-state index contributed by atoms with van der Waals surface area (Å²) < 4.78 is 22.7. The summed E-state index contributed by atoms with van der Waals surface area (Å²) in [7, 11) is -3.16. The van der Waals surface area contributed by atoms with Gasteiger partial charge in [0.25, 0.3) is 0 Å². The molecule has 0 aromatic heterocycles. The summed E-state index contributed by atoms with van der Waals surface area (Å²) in [6.45, 7) is 2.00. The highest BCUT2D eigenvalue weighted by molar-refractivity contribution is 7.91. The summed E-state index contributed by atoms with van der Waals surface area (Å²) in [5.41, 5.74) is 7.00. The number of hydrogen-bond acceptors (Lipinski definition) is 4. The minimum absolute atomic E-state index is 0.0466. The highest BCUT2D eigenvalue weighted by atomic mass is 32.2. The monoisotopic (exact) mass is 243 g/mol. The zero-order valence-electron chi connectivity index (χ0n) is 9.26. The maximum absolute atomic E-state index is 11.3. The van der Waals surface area contributed by atoms with Gasteiger partial charge >= 0.3 is 0 Å². The van der Waals surface area contributed by atoms with Crippen molar-refractivity contribution >= 4 is 9.84 Å². The molecule has 4 nitrogen and oxygen atoms in total. The lowest BCUT2D eigenvalue weighted by Gasteiger charge is -2.11. The van der Waals surface area contributed by atoms with Gasteiger partial charge in [-0.15, -0.1) is 0 Å². The second kappa shape index (κ2) is 5.43. The zero-order chi connectivity index (χ0) is 12.2. The SMILES string of the molecule is CCS(=O)(=O)CC(O)c1ccc(CN)cc1. The molecular weight excluding hydrogens is 226 g/mol. The summed E-state index contributed by atoms with van der Waals surface area (Å²) in [6.07, 6.45) is -0.961. The third-order valence-corrected chi connectivity index (χ3v) is 4.16. The fourth-order valence-electron chi connectivity index (χ4n) is 1.33. The summed E-state index contributed by atoms with van der Waals surface area (Å²) in [4.78, 5) is 0. The molecular formula is C11H17NO3S. The molecule has 0 amide bonds. The lowest BCUT2D eigenvalue weighted by molar-refractivity contribution is 0.201. The number of aliphatic hydroxyl groups is 1. The summed E-state index contributed by atoms with van der Waals surface area (Å²) in [6, 6.07) is 6.99. The largest absolute Gasteiger partial charge is 0.387 e. The Labute approximate surface area is 96.0 Å². The summed E-state index contributed by atoms with van der Waals surface area (Å²) in [5.74, 6) is -0.184. The van der Waals surface area contributed by atoms with Crippen LogP contribution in [-0.4, -0.2) is 25.0 Å². The minimum atomic E-state index is -3.16. The van der Waals surface area contributed by atoms with E-state index in [4.69, 9.17) is 5.73 Å². The Balaban J connectivity index is 2.77. The third kappa shape index (κ3) is 3.59. The predicted molar refractivity (Wildman–Crippen MR) is 63.6 cm³/mol. The molecule has 0 fully saturated rings. The molecule has 3 N–H and O–H groups in total. The molecule has 1 aromatic carbocycles. The number of hydrogen-bond donors (Lipinski definition) is 2. The molecule has 1 unspecified atom stereocenters. The van der Waals surface area contributed by atoms with Crippen molar-refractivity contribution in [3.8, 4) is 0 Å². The summed E-state index contributed by atoms with van der Waals surface area (Å²) in [5, 5.41) is 9.74. The minimum Gasteiger partial charge on any atom is -0.387 e. The van der Waals surface area contributed by atoms with Crippen molar-refractivity contribution in [3.05, 3.63) is 35.4 Å². The smallest absolute Gasteiger partial charge is 0.152 e. The molecule has 1 aromatic rings. The van der Waals surface area contributed by atoms with Gasteiger partial charge < -0.3 is 10.8 Å². The first kappa shape index (κ1) is 13.2. The van der Waals surface area contributed by atoms with Gasteiger partial charge in [-0.25, -0.2) is 8.42 Å². The molecule has 0 aliphatic carbocycles. The van der Waals surface area contributed by atoms with Crippen LogP contribution in [-0.2, 0) is 16.4 Å². The molecule has 5 heteroatoms. The number of sulfone groups is 1. The maximum Gasteiger partial charge on any atom is 0.152 e. The van der Waals surface area contributed by atoms with E-state index in [1.54, 1.807) is 31.2 Å². The first-order valence-corrected chi connectivity index (χ1v) is 6.98. The van der Waals surface area contributed by atoms with Crippen LogP contribution < -0.4 is 5.73 Å². The average Bonchev–Trinajstić information content (AvgIpc) is 2.28. The second-order valence-corrected chi connectivity index (χ2v) is 6.06. The van der Waals surface area contributed by atoms with E-state index in [9.17, 15) is 13.5 Å². The average molecular weight is 243 g/mol. The van der Waals surface area contributed by atoms with Gasteiger partial charge in [0.2, 0.25) is 0 Å². The Hall–Kier alpha value is -0.910. The molecule has 1 rings (SSSR count). The first-order chi connectivity index (χ1) is 7.48. The molecule has 0 aliphatic rings. The van der Waals surface area contributed by atoms with Gasteiger partial charge in [0.15, 0.2) is 9.84 Å². The van der Waals surface area contributed by atoms with Gasteiger partial charge in [0.1, 0.15) is 0 Å². The van der Waals surface area contributed by atoms with Crippen molar-refractivity contribution in [2.75, 3.05) is 11.5 Å². The van der Waals surface area contributed by atoms with Crippen molar-refractivity contribution < 1.29 is 13.5 Å². The first-order valence-electron chi connectivity index (χ1n) is 5.16. The fraction of sp³-hybridized carbons (Fsp3) is 0.455. The second-order valence-electron chi connectivity index (χ2n) is 3.66. The molecule has 1 atom stereocenters. The summed E-state index contributed by atoms with van der Waals surface area (Å²) >= 11 is 0. The van der Waals surface area contributed by atoms with Crippen LogP contribution in [0.5, 0.6) is 0 Å². The molecule has 90 valence electrons. The van der Waals surface area contributed by atoms with Crippen LogP contribution in [0.15, 0.2) is 24.3 Å². The predicted octanol–water partition coefficient (Wildman–Crippen LogP) is 0.613. The highest BCUT2D eigenvalue weighted by Gasteiger charge is 2.16. The molecule has 16 heavy (non-hydrogen) atoms.